The van der Waals surface area contributed by atoms with Crippen LogP contribution in [0.2, 0.25) is 5.02 Å². The Labute approximate surface area is 113 Å². The summed E-state index contributed by atoms with van der Waals surface area (Å²) in [5.41, 5.74) is 0.408. The van der Waals surface area contributed by atoms with Crippen molar-refractivity contribution in [1.82, 2.24) is 0 Å². The Morgan fingerprint density at radius 3 is 2.58 bits per heavy atom. The molecule has 0 heterocycles. The van der Waals surface area contributed by atoms with Crippen LogP contribution in [0.15, 0.2) is 18.2 Å². The summed E-state index contributed by atoms with van der Waals surface area (Å²) in [6, 6.07) is 6.46. The molecule has 104 valence electrons. The van der Waals surface area contributed by atoms with E-state index in [1.807, 2.05) is 6.07 Å². The number of nitriles is 1. The SMILES string of the molecule is N#Cc1ccc(OCCCOCC(F)(F)F)c(Cl)c1. The highest BCUT2D eigenvalue weighted by molar-refractivity contribution is 6.32. The molecule has 0 amide bonds. The normalized spacial score (nSPS) is 11.1. The van der Waals surface area contributed by atoms with Crippen molar-refractivity contribution in [2.75, 3.05) is 19.8 Å². The molecule has 0 saturated heterocycles. The van der Waals surface area contributed by atoms with Crippen LogP contribution in [0.4, 0.5) is 13.2 Å². The molecular formula is C12H11ClF3NO2. The molecule has 0 aromatic heterocycles. The molecule has 1 aromatic rings. The average molecular weight is 294 g/mol. The fraction of sp³-hybridized carbons (Fsp3) is 0.417. The first kappa shape index (κ1) is 15.6. The molecule has 0 aliphatic rings. The molecule has 7 heteroatoms. The van der Waals surface area contributed by atoms with Crippen molar-refractivity contribution in [3.05, 3.63) is 28.8 Å². The van der Waals surface area contributed by atoms with Gasteiger partial charge in [0.2, 0.25) is 0 Å². The Kier molecular flexibility index (Phi) is 5.93. The van der Waals surface area contributed by atoms with Crippen LogP contribution in [-0.2, 0) is 4.74 Å². The summed E-state index contributed by atoms with van der Waals surface area (Å²) < 4.78 is 44.9. The highest BCUT2D eigenvalue weighted by Crippen LogP contribution is 2.25. The van der Waals surface area contributed by atoms with E-state index in [2.05, 4.69) is 4.74 Å². The molecule has 1 aromatic carbocycles. The summed E-state index contributed by atoms with van der Waals surface area (Å²) in [6.07, 6.45) is -4.00. The molecular weight excluding hydrogens is 283 g/mol. The van der Waals surface area contributed by atoms with Crippen molar-refractivity contribution in [2.24, 2.45) is 0 Å². The zero-order valence-electron chi connectivity index (χ0n) is 9.84. The Bertz CT molecular complexity index is 457. The molecule has 0 atom stereocenters. The van der Waals surface area contributed by atoms with E-state index < -0.39 is 12.8 Å². The first-order valence-corrected chi connectivity index (χ1v) is 5.77. The van der Waals surface area contributed by atoms with Crippen LogP contribution in [0.25, 0.3) is 0 Å². The van der Waals surface area contributed by atoms with Gasteiger partial charge in [0.1, 0.15) is 12.4 Å². The van der Waals surface area contributed by atoms with Crippen LogP contribution in [0, 0.1) is 11.3 Å². The topological polar surface area (TPSA) is 42.2 Å². The second-order valence-electron chi connectivity index (χ2n) is 3.63. The van der Waals surface area contributed by atoms with Crippen LogP contribution in [-0.4, -0.2) is 26.0 Å². The number of nitrogens with zero attached hydrogens (tertiary/aromatic N) is 1. The van der Waals surface area contributed by atoms with Gasteiger partial charge in [0.25, 0.3) is 0 Å². The summed E-state index contributed by atoms with van der Waals surface area (Å²) in [4.78, 5) is 0. The first-order valence-electron chi connectivity index (χ1n) is 5.39. The van der Waals surface area contributed by atoms with E-state index in [0.29, 0.717) is 17.7 Å². The van der Waals surface area contributed by atoms with E-state index in [4.69, 9.17) is 21.6 Å². The second-order valence-corrected chi connectivity index (χ2v) is 4.03. The third-order valence-electron chi connectivity index (χ3n) is 2.02. The van der Waals surface area contributed by atoms with Crippen molar-refractivity contribution in [3.63, 3.8) is 0 Å². The summed E-state index contributed by atoms with van der Waals surface area (Å²) in [6.45, 7) is -1.12. The molecule has 0 bridgehead atoms. The minimum Gasteiger partial charge on any atom is -0.492 e. The maximum atomic E-state index is 11.8. The van der Waals surface area contributed by atoms with Gasteiger partial charge in [0.15, 0.2) is 0 Å². The maximum absolute atomic E-state index is 11.8. The van der Waals surface area contributed by atoms with Crippen molar-refractivity contribution in [3.8, 4) is 11.8 Å². The number of rotatable bonds is 6. The molecule has 0 N–H and O–H groups in total. The maximum Gasteiger partial charge on any atom is 0.411 e. The minimum atomic E-state index is -4.31. The van der Waals surface area contributed by atoms with Crippen LogP contribution >= 0.6 is 11.6 Å². The highest BCUT2D eigenvalue weighted by atomic mass is 35.5. The predicted octanol–water partition coefficient (Wildman–Crippen LogP) is 3.56. The quantitative estimate of drug-likeness (QED) is 0.753. The first-order chi connectivity index (χ1) is 8.92. The van der Waals surface area contributed by atoms with Crippen molar-refractivity contribution in [1.29, 1.82) is 5.26 Å². The molecule has 0 radical (unpaired) electrons. The molecule has 0 fully saturated rings. The molecule has 3 nitrogen and oxygen atoms in total. The van der Waals surface area contributed by atoms with Crippen LogP contribution in [0.5, 0.6) is 5.75 Å². The summed E-state index contributed by atoms with van der Waals surface area (Å²) in [7, 11) is 0. The van der Waals surface area contributed by atoms with Gasteiger partial charge < -0.3 is 9.47 Å². The van der Waals surface area contributed by atoms with Gasteiger partial charge in [-0.15, -0.1) is 0 Å². The monoisotopic (exact) mass is 293 g/mol. The molecule has 0 unspecified atom stereocenters. The summed E-state index contributed by atoms with van der Waals surface area (Å²) in [5.74, 6) is 0.386. The van der Waals surface area contributed by atoms with Gasteiger partial charge in [-0.1, -0.05) is 11.6 Å². The molecule has 1 rings (SSSR count). The lowest BCUT2D eigenvalue weighted by atomic mass is 10.2. The van der Waals surface area contributed by atoms with E-state index in [0.717, 1.165) is 0 Å². The van der Waals surface area contributed by atoms with E-state index in [1.165, 1.54) is 12.1 Å². The third kappa shape index (κ3) is 6.32. The molecule has 0 aliphatic carbocycles. The number of halogens is 4. The second kappa shape index (κ2) is 7.22. The molecule has 0 spiro atoms. The third-order valence-corrected chi connectivity index (χ3v) is 2.31. The standard InChI is InChI=1S/C12H11ClF3NO2/c13-10-6-9(7-17)2-3-11(10)19-5-1-4-18-8-12(14,15)16/h2-3,6H,1,4-5,8H2. The zero-order chi connectivity index (χ0) is 14.3. The number of ether oxygens (including phenoxy) is 2. The summed E-state index contributed by atoms with van der Waals surface area (Å²) in [5, 5.41) is 8.92. The Morgan fingerprint density at radius 2 is 2.00 bits per heavy atom. The Hall–Kier alpha value is -1.45. The van der Waals surface area contributed by atoms with E-state index >= 15 is 0 Å². The van der Waals surface area contributed by atoms with Crippen LogP contribution < -0.4 is 4.74 Å². The van der Waals surface area contributed by atoms with Crippen molar-refractivity contribution in [2.45, 2.75) is 12.6 Å². The number of hydrogen-bond donors (Lipinski definition) is 0. The largest absolute Gasteiger partial charge is 0.492 e. The van der Waals surface area contributed by atoms with E-state index in [-0.39, 0.29) is 18.2 Å². The van der Waals surface area contributed by atoms with Crippen molar-refractivity contribution < 1.29 is 22.6 Å². The number of alkyl halides is 3. The van der Waals surface area contributed by atoms with E-state index in [9.17, 15) is 13.2 Å². The smallest absolute Gasteiger partial charge is 0.411 e. The average Bonchev–Trinajstić information content (AvgIpc) is 2.33. The highest BCUT2D eigenvalue weighted by Gasteiger charge is 2.27. The zero-order valence-corrected chi connectivity index (χ0v) is 10.6. The minimum absolute atomic E-state index is 0.0482. The fourth-order valence-corrected chi connectivity index (χ4v) is 1.45. The molecule has 0 saturated carbocycles. The van der Waals surface area contributed by atoms with Crippen LogP contribution in [0.3, 0.4) is 0 Å². The van der Waals surface area contributed by atoms with Gasteiger partial charge >= 0.3 is 6.18 Å². The van der Waals surface area contributed by atoms with Gasteiger partial charge in [-0.05, 0) is 18.2 Å². The summed E-state index contributed by atoms with van der Waals surface area (Å²) >= 11 is 5.85. The van der Waals surface area contributed by atoms with Gasteiger partial charge in [0, 0.05) is 6.42 Å². The van der Waals surface area contributed by atoms with Gasteiger partial charge in [-0.25, -0.2) is 0 Å². The lowest BCUT2D eigenvalue weighted by Gasteiger charge is -2.09. The Morgan fingerprint density at radius 1 is 1.26 bits per heavy atom. The Balaban J connectivity index is 2.25. The predicted molar refractivity (Wildman–Crippen MR) is 63.2 cm³/mol. The van der Waals surface area contributed by atoms with Crippen LogP contribution in [0.1, 0.15) is 12.0 Å². The lowest BCUT2D eigenvalue weighted by molar-refractivity contribution is -0.174. The number of benzene rings is 1. The molecule has 0 aliphatic heterocycles. The van der Waals surface area contributed by atoms with Gasteiger partial charge in [0.05, 0.1) is 29.9 Å². The van der Waals surface area contributed by atoms with Crippen molar-refractivity contribution >= 4 is 11.6 Å². The fourth-order valence-electron chi connectivity index (χ4n) is 1.22. The van der Waals surface area contributed by atoms with Gasteiger partial charge in [-0.2, -0.15) is 18.4 Å². The van der Waals surface area contributed by atoms with Gasteiger partial charge in [-0.3, -0.25) is 0 Å². The number of hydrogen-bond acceptors (Lipinski definition) is 3. The molecule has 19 heavy (non-hydrogen) atoms. The lowest BCUT2D eigenvalue weighted by Crippen LogP contribution is -2.18. The van der Waals surface area contributed by atoms with E-state index in [1.54, 1.807) is 6.07 Å².